The van der Waals surface area contributed by atoms with Crippen molar-refractivity contribution in [3.05, 3.63) is 102 Å². The predicted molar refractivity (Wildman–Crippen MR) is 112 cm³/mol. The highest BCUT2D eigenvalue weighted by atomic mass is 32.2. The number of amides is 1. The van der Waals surface area contributed by atoms with E-state index in [9.17, 15) is 4.79 Å². The van der Waals surface area contributed by atoms with Crippen molar-refractivity contribution in [2.45, 2.75) is 18.7 Å². The second-order valence-electron chi connectivity index (χ2n) is 6.35. The van der Waals surface area contributed by atoms with Crippen LogP contribution in [0.4, 0.5) is 0 Å². The first kappa shape index (κ1) is 19.2. The molecule has 3 rings (SSSR count). The van der Waals surface area contributed by atoms with Crippen LogP contribution < -0.4 is 0 Å². The third-order valence-electron chi connectivity index (χ3n) is 4.28. The molecule has 0 N–H and O–H groups in total. The standard InChI is InChI=1S/C23H24N2OS/c26-23(19-27-18-22-13-7-8-15-24-22)25(17-21-11-5-2-6-12-21)16-14-20-9-3-1-4-10-20/h1-13,15H,14,16-19H2. The highest BCUT2D eigenvalue weighted by Crippen LogP contribution is 2.13. The van der Waals surface area contributed by atoms with Crippen LogP contribution in [0, 0.1) is 0 Å². The lowest BCUT2D eigenvalue weighted by Gasteiger charge is -2.23. The fourth-order valence-electron chi connectivity index (χ4n) is 2.82. The molecule has 1 aromatic heterocycles. The van der Waals surface area contributed by atoms with Gasteiger partial charge in [-0.3, -0.25) is 9.78 Å². The molecule has 4 heteroatoms. The van der Waals surface area contributed by atoms with Crippen molar-refractivity contribution in [3.8, 4) is 0 Å². The van der Waals surface area contributed by atoms with Gasteiger partial charge in [-0.05, 0) is 29.7 Å². The Morgan fingerprint density at radius 3 is 2.19 bits per heavy atom. The molecule has 3 nitrogen and oxygen atoms in total. The zero-order valence-corrected chi connectivity index (χ0v) is 16.1. The SMILES string of the molecule is O=C(CSCc1ccccn1)N(CCc1ccccc1)Cc1ccccc1. The predicted octanol–water partition coefficient (Wildman–Crippen LogP) is 4.59. The minimum atomic E-state index is 0.177. The quantitative estimate of drug-likeness (QED) is 0.548. The summed E-state index contributed by atoms with van der Waals surface area (Å²) in [5.74, 6) is 1.40. The van der Waals surface area contributed by atoms with Crippen molar-refractivity contribution in [1.29, 1.82) is 0 Å². The van der Waals surface area contributed by atoms with Crippen molar-refractivity contribution in [1.82, 2.24) is 9.88 Å². The Morgan fingerprint density at radius 1 is 0.852 bits per heavy atom. The maximum absolute atomic E-state index is 12.8. The first-order valence-corrected chi connectivity index (χ1v) is 10.3. The largest absolute Gasteiger partial charge is 0.337 e. The summed E-state index contributed by atoms with van der Waals surface area (Å²) >= 11 is 1.62. The van der Waals surface area contributed by atoms with Crippen LogP contribution in [0.2, 0.25) is 0 Å². The molecule has 0 spiro atoms. The molecule has 27 heavy (non-hydrogen) atoms. The maximum Gasteiger partial charge on any atom is 0.232 e. The molecule has 0 bridgehead atoms. The van der Waals surface area contributed by atoms with E-state index >= 15 is 0 Å². The van der Waals surface area contributed by atoms with Crippen LogP contribution in [0.3, 0.4) is 0 Å². The van der Waals surface area contributed by atoms with Crippen LogP contribution in [0.15, 0.2) is 85.1 Å². The first-order valence-electron chi connectivity index (χ1n) is 9.14. The highest BCUT2D eigenvalue weighted by molar-refractivity contribution is 7.99. The summed E-state index contributed by atoms with van der Waals surface area (Å²) in [5.41, 5.74) is 3.42. The van der Waals surface area contributed by atoms with E-state index in [1.165, 1.54) is 5.56 Å². The summed E-state index contributed by atoms with van der Waals surface area (Å²) in [6.45, 7) is 1.37. The van der Waals surface area contributed by atoms with Gasteiger partial charge in [-0.15, -0.1) is 11.8 Å². The van der Waals surface area contributed by atoms with Crippen molar-refractivity contribution in [2.24, 2.45) is 0 Å². The normalized spacial score (nSPS) is 10.5. The molecule has 0 saturated carbocycles. The Kier molecular flexibility index (Phi) is 7.48. The van der Waals surface area contributed by atoms with Crippen molar-refractivity contribution in [3.63, 3.8) is 0 Å². The van der Waals surface area contributed by atoms with Gasteiger partial charge >= 0.3 is 0 Å². The lowest BCUT2D eigenvalue weighted by Crippen LogP contribution is -2.33. The Balaban J connectivity index is 1.58. The van der Waals surface area contributed by atoms with Gasteiger partial charge < -0.3 is 4.90 Å². The summed E-state index contributed by atoms with van der Waals surface area (Å²) in [6.07, 6.45) is 2.66. The Labute approximate surface area is 165 Å². The van der Waals surface area contributed by atoms with Gasteiger partial charge in [-0.1, -0.05) is 66.7 Å². The van der Waals surface area contributed by atoms with Crippen molar-refractivity contribution in [2.75, 3.05) is 12.3 Å². The number of carbonyl (C=O) groups excluding carboxylic acids is 1. The Bertz CT molecular complexity index is 810. The highest BCUT2D eigenvalue weighted by Gasteiger charge is 2.14. The van der Waals surface area contributed by atoms with Crippen LogP contribution in [-0.4, -0.2) is 28.1 Å². The molecule has 0 atom stereocenters. The summed E-state index contributed by atoms with van der Waals surface area (Å²) in [6, 6.07) is 26.4. The van der Waals surface area contributed by atoms with Crippen LogP contribution >= 0.6 is 11.8 Å². The van der Waals surface area contributed by atoms with Gasteiger partial charge in [0, 0.05) is 25.0 Å². The minimum Gasteiger partial charge on any atom is -0.337 e. The number of pyridine rings is 1. The molecule has 0 saturated heterocycles. The van der Waals surface area contributed by atoms with Gasteiger partial charge in [0.05, 0.1) is 11.4 Å². The third kappa shape index (κ3) is 6.57. The fourth-order valence-corrected chi connectivity index (χ4v) is 3.66. The van der Waals surface area contributed by atoms with Gasteiger partial charge in [-0.25, -0.2) is 0 Å². The number of rotatable bonds is 9. The Hall–Kier alpha value is -2.59. The number of hydrogen-bond donors (Lipinski definition) is 0. The molecule has 0 radical (unpaired) electrons. The number of carbonyl (C=O) groups is 1. The fraction of sp³-hybridized carbons (Fsp3) is 0.217. The average Bonchev–Trinajstić information content (AvgIpc) is 2.73. The molecule has 3 aromatic rings. The molecular formula is C23H24N2OS. The molecular weight excluding hydrogens is 352 g/mol. The van der Waals surface area contributed by atoms with Crippen molar-refractivity contribution < 1.29 is 4.79 Å². The molecule has 0 aliphatic rings. The molecule has 1 amide bonds. The number of hydrogen-bond acceptors (Lipinski definition) is 3. The number of aromatic nitrogens is 1. The summed E-state index contributed by atoms with van der Waals surface area (Å²) in [4.78, 5) is 19.1. The van der Waals surface area contributed by atoms with E-state index in [2.05, 4.69) is 29.2 Å². The average molecular weight is 377 g/mol. The van der Waals surface area contributed by atoms with E-state index in [1.54, 1.807) is 18.0 Å². The van der Waals surface area contributed by atoms with E-state index in [-0.39, 0.29) is 5.91 Å². The molecule has 0 aliphatic carbocycles. The second kappa shape index (κ2) is 10.5. The van der Waals surface area contributed by atoms with Gasteiger partial charge in [0.15, 0.2) is 0 Å². The third-order valence-corrected chi connectivity index (χ3v) is 5.23. The monoisotopic (exact) mass is 376 g/mol. The number of benzene rings is 2. The topological polar surface area (TPSA) is 33.2 Å². The molecule has 0 fully saturated rings. The van der Waals surface area contributed by atoms with Gasteiger partial charge in [0.2, 0.25) is 5.91 Å². The summed E-state index contributed by atoms with van der Waals surface area (Å²) in [7, 11) is 0. The second-order valence-corrected chi connectivity index (χ2v) is 7.34. The van der Waals surface area contributed by atoms with E-state index in [1.807, 2.05) is 59.5 Å². The minimum absolute atomic E-state index is 0.177. The van der Waals surface area contributed by atoms with E-state index in [0.29, 0.717) is 12.3 Å². The summed E-state index contributed by atoms with van der Waals surface area (Å²) in [5, 5.41) is 0. The zero-order chi connectivity index (χ0) is 18.7. The van der Waals surface area contributed by atoms with Gasteiger partial charge in [0.25, 0.3) is 0 Å². The Morgan fingerprint density at radius 2 is 1.52 bits per heavy atom. The van der Waals surface area contributed by atoms with Crippen LogP contribution in [0.5, 0.6) is 0 Å². The first-order chi connectivity index (χ1) is 13.3. The molecule has 1 heterocycles. The van der Waals surface area contributed by atoms with E-state index in [4.69, 9.17) is 0 Å². The lowest BCUT2D eigenvalue weighted by atomic mass is 10.1. The lowest BCUT2D eigenvalue weighted by molar-refractivity contribution is -0.128. The van der Waals surface area contributed by atoms with Gasteiger partial charge in [0.1, 0.15) is 0 Å². The molecule has 0 unspecified atom stereocenters. The van der Waals surface area contributed by atoms with E-state index in [0.717, 1.165) is 30.0 Å². The van der Waals surface area contributed by atoms with E-state index < -0.39 is 0 Å². The van der Waals surface area contributed by atoms with Crippen LogP contribution in [0.25, 0.3) is 0 Å². The summed E-state index contributed by atoms with van der Waals surface area (Å²) < 4.78 is 0. The van der Waals surface area contributed by atoms with Crippen LogP contribution in [-0.2, 0) is 23.5 Å². The molecule has 138 valence electrons. The number of thioether (sulfide) groups is 1. The smallest absolute Gasteiger partial charge is 0.232 e. The zero-order valence-electron chi connectivity index (χ0n) is 15.3. The maximum atomic E-state index is 12.8. The van der Waals surface area contributed by atoms with Crippen molar-refractivity contribution >= 4 is 17.7 Å². The molecule has 0 aliphatic heterocycles. The van der Waals surface area contributed by atoms with Gasteiger partial charge in [-0.2, -0.15) is 0 Å². The molecule has 2 aromatic carbocycles. The number of nitrogens with zero attached hydrogens (tertiary/aromatic N) is 2. The van der Waals surface area contributed by atoms with Crippen LogP contribution in [0.1, 0.15) is 16.8 Å².